The van der Waals surface area contributed by atoms with Crippen molar-refractivity contribution in [1.82, 2.24) is 9.97 Å². The lowest BCUT2D eigenvalue weighted by Crippen LogP contribution is -2.34. The zero-order chi connectivity index (χ0) is 19.2. The fourth-order valence-corrected chi connectivity index (χ4v) is 3.38. The Hall–Kier alpha value is -2.63. The van der Waals surface area contributed by atoms with E-state index in [2.05, 4.69) is 45.9 Å². The van der Waals surface area contributed by atoms with Crippen molar-refractivity contribution >= 4 is 23.2 Å². The summed E-state index contributed by atoms with van der Waals surface area (Å²) in [5.41, 5.74) is 2.32. The van der Waals surface area contributed by atoms with Gasteiger partial charge < -0.3 is 15.1 Å². The molecule has 1 aromatic carbocycles. The monoisotopic (exact) mass is 367 g/mol. The maximum absolute atomic E-state index is 12.6. The van der Waals surface area contributed by atoms with Crippen LogP contribution in [-0.2, 0) is 0 Å². The van der Waals surface area contributed by atoms with Crippen molar-refractivity contribution in [2.75, 3.05) is 41.3 Å². The van der Waals surface area contributed by atoms with Gasteiger partial charge >= 0.3 is 0 Å². The van der Waals surface area contributed by atoms with E-state index in [4.69, 9.17) is 0 Å². The summed E-state index contributed by atoms with van der Waals surface area (Å²) < 4.78 is 0. The van der Waals surface area contributed by atoms with Crippen LogP contribution >= 0.6 is 0 Å². The van der Waals surface area contributed by atoms with Crippen molar-refractivity contribution < 1.29 is 4.79 Å². The number of carbonyl (C=O) groups is 1. The van der Waals surface area contributed by atoms with Crippen molar-refractivity contribution in [2.45, 2.75) is 33.6 Å². The molecule has 1 fully saturated rings. The first kappa shape index (κ1) is 19.1. The third-order valence-corrected chi connectivity index (χ3v) is 5.20. The normalized spacial score (nSPS) is 14.9. The summed E-state index contributed by atoms with van der Waals surface area (Å²) in [6.45, 7) is 10.3. The second kappa shape index (κ2) is 8.84. The molecule has 2 heterocycles. The van der Waals surface area contributed by atoms with E-state index in [1.165, 1.54) is 0 Å². The molecule has 6 heteroatoms. The minimum absolute atomic E-state index is 0.209. The number of hydrogen-bond acceptors (Lipinski definition) is 5. The van der Waals surface area contributed by atoms with E-state index >= 15 is 0 Å². The van der Waals surface area contributed by atoms with Crippen molar-refractivity contribution in [3.63, 3.8) is 0 Å². The Kier molecular flexibility index (Phi) is 6.27. The van der Waals surface area contributed by atoms with Crippen LogP contribution in [0, 0.1) is 5.92 Å². The number of nitrogens with zero attached hydrogens (tertiary/aromatic N) is 4. The number of anilines is 3. The second-order valence-corrected chi connectivity index (χ2v) is 7.08. The maximum atomic E-state index is 12.6. The van der Waals surface area contributed by atoms with Gasteiger partial charge in [-0.2, -0.15) is 0 Å². The molecule has 2 aromatic rings. The Morgan fingerprint density at radius 2 is 1.81 bits per heavy atom. The third-order valence-electron chi connectivity index (χ3n) is 5.20. The average Bonchev–Trinajstić information content (AvgIpc) is 2.71. The predicted octanol–water partition coefficient (Wildman–Crippen LogP) is 3.81. The van der Waals surface area contributed by atoms with Crippen LogP contribution in [0.25, 0.3) is 0 Å². The lowest BCUT2D eigenvalue weighted by Gasteiger charge is -2.30. The number of rotatable bonds is 6. The summed E-state index contributed by atoms with van der Waals surface area (Å²) in [6, 6.07) is 9.58. The lowest BCUT2D eigenvalue weighted by molar-refractivity contribution is 0.102. The van der Waals surface area contributed by atoms with Gasteiger partial charge in [-0.05, 0) is 62.9 Å². The molecule has 0 saturated carbocycles. The molecule has 1 aromatic heterocycles. The first-order valence-corrected chi connectivity index (χ1v) is 9.85. The fourth-order valence-electron chi connectivity index (χ4n) is 3.38. The molecule has 0 radical (unpaired) electrons. The first-order valence-electron chi connectivity index (χ1n) is 9.85. The predicted molar refractivity (Wildman–Crippen MR) is 111 cm³/mol. The average molecular weight is 367 g/mol. The molecule has 1 N–H and O–H groups in total. The minimum Gasteiger partial charge on any atom is -0.372 e. The third kappa shape index (κ3) is 4.76. The molecule has 0 unspecified atom stereocenters. The van der Waals surface area contributed by atoms with Crippen LogP contribution in [-0.4, -0.2) is 42.1 Å². The topological polar surface area (TPSA) is 61.4 Å². The molecule has 27 heavy (non-hydrogen) atoms. The van der Waals surface area contributed by atoms with Gasteiger partial charge in [-0.1, -0.05) is 6.92 Å². The molecule has 0 spiro atoms. The van der Waals surface area contributed by atoms with Crippen molar-refractivity contribution in [3.05, 3.63) is 42.2 Å². The molecule has 6 nitrogen and oxygen atoms in total. The number of aromatic nitrogens is 2. The number of piperidine rings is 1. The Bertz CT molecular complexity index is 749. The number of carbonyl (C=O) groups excluding carboxylic acids is 1. The van der Waals surface area contributed by atoms with E-state index in [9.17, 15) is 4.79 Å². The van der Waals surface area contributed by atoms with Gasteiger partial charge in [0.15, 0.2) is 0 Å². The van der Waals surface area contributed by atoms with Crippen LogP contribution < -0.4 is 15.1 Å². The van der Waals surface area contributed by atoms with E-state index in [0.29, 0.717) is 11.6 Å². The highest BCUT2D eigenvalue weighted by molar-refractivity contribution is 6.03. The second-order valence-electron chi connectivity index (χ2n) is 7.08. The smallest absolute Gasteiger partial charge is 0.274 e. The number of nitrogens with one attached hydrogen (secondary N) is 1. The van der Waals surface area contributed by atoms with Crippen molar-refractivity contribution in [2.24, 2.45) is 5.92 Å². The van der Waals surface area contributed by atoms with E-state index in [1.807, 2.05) is 24.3 Å². The summed E-state index contributed by atoms with van der Waals surface area (Å²) >= 11 is 0. The molecule has 1 aliphatic heterocycles. The minimum atomic E-state index is -0.209. The molecule has 0 aliphatic carbocycles. The molecular formula is C21H29N5O. The maximum Gasteiger partial charge on any atom is 0.274 e. The fraction of sp³-hybridized carbons (Fsp3) is 0.476. The molecule has 3 rings (SSSR count). The van der Waals surface area contributed by atoms with Crippen LogP contribution in [0.15, 0.2) is 36.5 Å². The first-order chi connectivity index (χ1) is 13.1. The van der Waals surface area contributed by atoms with E-state index < -0.39 is 0 Å². The van der Waals surface area contributed by atoms with Crippen LogP contribution in [0.2, 0.25) is 0 Å². The van der Waals surface area contributed by atoms with Gasteiger partial charge in [0, 0.05) is 43.8 Å². The molecular weight excluding hydrogens is 338 g/mol. The van der Waals surface area contributed by atoms with E-state index in [1.54, 1.807) is 12.3 Å². The number of hydrogen-bond donors (Lipinski definition) is 1. The SMILES string of the molecule is CCN(CC)c1ccc(NC(=O)c2ccnc(N3CCC(C)CC3)n2)cc1. The van der Waals surface area contributed by atoms with Crippen LogP contribution in [0.3, 0.4) is 0 Å². The zero-order valence-corrected chi connectivity index (χ0v) is 16.5. The quantitative estimate of drug-likeness (QED) is 0.841. The highest BCUT2D eigenvalue weighted by Gasteiger charge is 2.19. The lowest BCUT2D eigenvalue weighted by atomic mass is 10.00. The van der Waals surface area contributed by atoms with Crippen LogP contribution in [0.5, 0.6) is 0 Å². The van der Waals surface area contributed by atoms with Gasteiger partial charge in [0.05, 0.1) is 0 Å². The molecule has 0 atom stereocenters. The van der Waals surface area contributed by atoms with E-state index in [0.717, 1.165) is 56.3 Å². The molecule has 1 saturated heterocycles. The van der Waals surface area contributed by atoms with Gasteiger partial charge in [-0.15, -0.1) is 0 Å². The van der Waals surface area contributed by atoms with Gasteiger partial charge in [0.25, 0.3) is 5.91 Å². The van der Waals surface area contributed by atoms with E-state index in [-0.39, 0.29) is 5.91 Å². The molecule has 0 bridgehead atoms. The van der Waals surface area contributed by atoms with Crippen molar-refractivity contribution in [1.29, 1.82) is 0 Å². The Morgan fingerprint density at radius 3 is 2.44 bits per heavy atom. The summed E-state index contributed by atoms with van der Waals surface area (Å²) in [6.07, 6.45) is 3.94. The highest BCUT2D eigenvalue weighted by Crippen LogP contribution is 2.21. The Labute approximate surface area is 161 Å². The summed E-state index contributed by atoms with van der Waals surface area (Å²) in [7, 11) is 0. The number of benzene rings is 1. The van der Waals surface area contributed by atoms with Gasteiger partial charge in [-0.25, -0.2) is 9.97 Å². The molecule has 1 aliphatic rings. The molecule has 144 valence electrons. The summed E-state index contributed by atoms with van der Waals surface area (Å²) in [4.78, 5) is 25.9. The largest absolute Gasteiger partial charge is 0.372 e. The zero-order valence-electron chi connectivity index (χ0n) is 16.5. The molecule has 1 amide bonds. The highest BCUT2D eigenvalue weighted by atomic mass is 16.1. The summed E-state index contributed by atoms with van der Waals surface area (Å²) in [5, 5.41) is 2.93. The summed E-state index contributed by atoms with van der Waals surface area (Å²) in [5.74, 6) is 1.18. The number of amides is 1. The van der Waals surface area contributed by atoms with Gasteiger partial charge in [-0.3, -0.25) is 4.79 Å². The van der Waals surface area contributed by atoms with Crippen LogP contribution in [0.1, 0.15) is 44.1 Å². The Morgan fingerprint density at radius 1 is 1.15 bits per heavy atom. The van der Waals surface area contributed by atoms with Crippen molar-refractivity contribution in [3.8, 4) is 0 Å². The van der Waals surface area contributed by atoms with Gasteiger partial charge in [0.2, 0.25) is 5.95 Å². The Balaban J connectivity index is 1.66. The van der Waals surface area contributed by atoms with Crippen LogP contribution in [0.4, 0.5) is 17.3 Å². The van der Waals surface area contributed by atoms with Gasteiger partial charge in [0.1, 0.15) is 5.69 Å². The standard InChI is InChI=1S/C21H29N5O/c1-4-25(5-2)18-8-6-17(7-9-18)23-20(27)19-10-13-22-21(24-19)26-14-11-16(3)12-15-26/h6-10,13,16H,4-5,11-12,14-15H2,1-3H3,(H,23,27).